The number of anilines is 1. The summed E-state index contributed by atoms with van der Waals surface area (Å²) in [6, 6.07) is 8.01. The first kappa shape index (κ1) is 10.7. The largest absolute Gasteiger partial charge is 0.372 e. The highest BCUT2D eigenvalue weighted by atomic mass is 32.1. The van der Waals surface area contributed by atoms with Gasteiger partial charge in [0.1, 0.15) is 5.69 Å². The van der Waals surface area contributed by atoms with Crippen molar-refractivity contribution in [2.75, 3.05) is 18.0 Å². The Morgan fingerprint density at radius 1 is 1.12 bits per heavy atom. The van der Waals surface area contributed by atoms with Crippen LogP contribution in [-0.4, -0.2) is 18.1 Å². The van der Waals surface area contributed by atoms with Crippen LogP contribution in [0.15, 0.2) is 29.8 Å². The Bertz CT molecular complexity index is 500. The van der Waals surface area contributed by atoms with Crippen LogP contribution in [0.25, 0.3) is 11.3 Å². The molecular weight excluding hydrogens is 235 g/mol. The van der Waals surface area contributed by atoms with E-state index in [2.05, 4.69) is 22.0 Å². The van der Waals surface area contributed by atoms with Gasteiger partial charge in [0.15, 0.2) is 0 Å². The zero-order valence-electron chi connectivity index (χ0n) is 9.40. The molecule has 1 fully saturated rings. The van der Waals surface area contributed by atoms with E-state index in [9.17, 15) is 4.39 Å². The summed E-state index contributed by atoms with van der Waals surface area (Å²) in [5.41, 5.74) is 4.08. The van der Waals surface area contributed by atoms with Crippen molar-refractivity contribution in [2.45, 2.75) is 12.8 Å². The maximum atomic E-state index is 13.4. The van der Waals surface area contributed by atoms with Crippen molar-refractivity contribution < 1.29 is 4.39 Å². The predicted octanol–water partition coefficient (Wildman–Crippen LogP) is 3.55. The summed E-state index contributed by atoms with van der Waals surface area (Å²) in [6.07, 6.45) is 2.53. The highest BCUT2D eigenvalue weighted by Crippen LogP contribution is 2.27. The van der Waals surface area contributed by atoms with Gasteiger partial charge < -0.3 is 4.90 Å². The van der Waals surface area contributed by atoms with Gasteiger partial charge in [-0.3, -0.25) is 0 Å². The molecular formula is C13H13FN2S. The van der Waals surface area contributed by atoms with E-state index in [1.807, 2.05) is 12.1 Å². The lowest BCUT2D eigenvalue weighted by Gasteiger charge is -2.17. The molecule has 2 nitrogen and oxygen atoms in total. The molecule has 1 aromatic heterocycles. The molecule has 0 amide bonds. The molecule has 0 unspecified atom stereocenters. The van der Waals surface area contributed by atoms with Crippen LogP contribution in [-0.2, 0) is 0 Å². The monoisotopic (exact) mass is 248 g/mol. The van der Waals surface area contributed by atoms with Crippen molar-refractivity contribution in [1.82, 2.24) is 4.98 Å². The fourth-order valence-corrected chi connectivity index (χ4v) is 2.76. The van der Waals surface area contributed by atoms with Crippen LogP contribution in [0.2, 0.25) is 0 Å². The Morgan fingerprint density at radius 2 is 1.82 bits per heavy atom. The molecule has 1 aromatic carbocycles. The molecule has 4 heteroatoms. The Kier molecular flexibility index (Phi) is 2.81. The average Bonchev–Trinajstić information content (AvgIpc) is 3.00. The van der Waals surface area contributed by atoms with Gasteiger partial charge in [-0.05, 0) is 25.0 Å². The van der Waals surface area contributed by atoms with Crippen molar-refractivity contribution in [3.05, 3.63) is 34.9 Å². The van der Waals surface area contributed by atoms with E-state index in [0.29, 0.717) is 5.69 Å². The molecule has 0 saturated carbocycles. The third-order valence-electron chi connectivity index (χ3n) is 3.14. The van der Waals surface area contributed by atoms with Crippen molar-refractivity contribution in [1.29, 1.82) is 0 Å². The van der Waals surface area contributed by atoms with Gasteiger partial charge >= 0.3 is 0 Å². The van der Waals surface area contributed by atoms with E-state index in [-0.39, 0.29) is 5.13 Å². The van der Waals surface area contributed by atoms with Crippen molar-refractivity contribution in [3.63, 3.8) is 0 Å². The Hall–Kier alpha value is -1.42. The number of aromatic nitrogens is 1. The van der Waals surface area contributed by atoms with E-state index in [0.717, 1.165) is 30.0 Å². The van der Waals surface area contributed by atoms with Crippen LogP contribution < -0.4 is 4.90 Å². The molecule has 2 aromatic rings. The molecule has 0 aliphatic carbocycles. The van der Waals surface area contributed by atoms with Gasteiger partial charge in [-0.15, -0.1) is 0 Å². The first-order valence-electron chi connectivity index (χ1n) is 5.79. The highest BCUT2D eigenvalue weighted by molar-refractivity contribution is 7.08. The Balaban J connectivity index is 1.87. The third-order valence-corrected chi connectivity index (χ3v) is 3.75. The summed E-state index contributed by atoms with van der Waals surface area (Å²) in [4.78, 5) is 6.41. The molecule has 1 aliphatic rings. The van der Waals surface area contributed by atoms with E-state index >= 15 is 0 Å². The quantitative estimate of drug-likeness (QED) is 0.808. The summed E-state index contributed by atoms with van der Waals surface area (Å²) >= 11 is 1.04. The van der Waals surface area contributed by atoms with Crippen molar-refractivity contribution in [3.8, 4) is 11.3 Å². The Labute approximate surface area is 104 Å². The van der Waals surface area contributed by atoms with Crippen LogP contribution in [0.1, 0.15) is 12.8 Å². The molecule has 0 bridgehead atoms. The maximum absolute atomic E-state index is 13.4. The van der Waals surface area contributed by atoms with Gasteiger partial charge in [0.05, 0.1) is 5.51 Å². The van der Waals surface area contributed by atoms with E-state index < -0.39 is 0 Å². The average molecular weight is 248 g/mol. The van der Waals surface area contributed by atoms with Crippen molar-refractivity contribution >= 4 is 17.0 Å². The molecule has 1 aliphatic heterocycles. The summed E-state index contributed by atoms with van der Waals surface area (Å²) in [6.45, 7) is 2.26. The topological polar surface area (TPSA) is 16.1 Å². The number of halogens is 1. The first-order valence-corrected chi connectivity index (χ1v) is 6.67. The van der Waals surface area contributed by atoms with Gasteiger partial charge in [-0.1, -0.05) is 23.5 Å². The summed E-state index contributed by atoms with van der Waals surface area (Å²) < 4.78 is 13.4. The highest BCUT2D eigenvalue weighted by Gasteiger charge is 2.13. The summed E-state index contributed by atoms with van der Waals surface area (Å²) in [5, 5.41) is -0.209. The molecule has 1 saturated heterocycles. The molecule has 0 N–H and O–H groups in total. The molecule has 2 heterocycles. The van der Waals surface area contributed by atoms with Crippen LogP contribution in [0, 0.1) is 5.13 Å². The fraction of sp³-hybridized carbons (Fsp3) is 0.308. The lowest BCUT2D eigenvalue weighted by molar-refractivity contribution is 0.657. The summed E-state index contributed by atoms with van der Waals surface area (Å²) in [5.74, 6) is 0. The second-order valence-corrected chi connectivity index (χ2v) is 5.02. The number of hydrogen-bond acceptors (Lipinski definition) is 3. The van der Waals surface area contributed by atoms with Gasteiger partial charge in [-0.2, -0.15) is 4.39 Å². The normalized spacial score (nSPS) is 15.5. The second kappa shape index (κ2) is 4.45. The van der Waals surface area contributed by atoms with Gasteiger partial charge in [0, 0.05) is 24.3 Å². The number of hydrogen-bond donors (Lipinski definition) is 0. The number of thiazole rings is 1. The molecule has 0 radical (unpaired) electrons. The van der Waals surface area contributed by atoms with Gasteiger partial charge in [0.2, 0.25) is 5.13 Å². The van der Waals surface area contributed by atoms with Gasteiger partial charge in [0.25, 0.3) is 0 Å². The van der Waals surface area contributed by atoms with Crippen LogP contribution in [0.3, 0.4) is 0 Å². The predicted molar refractivity (Wildman–Crippen MR) is 69.0 cm³/mol. The molecule has 0 spiro atoms. The first-order chi connectivity index (χ1) is 8.34. The van der Waals surface area contributed by atoms with Crippen LogP contribution in [0.4, 0.5) is 10.1 Å². The fourth-order valence-electron chi connectivity index (χ4n) is 2.23. The van der Waals surface area contributed by atoms with Gasteiger partial charge in [-0.25, -0.2) is 4.98 Å². The lowest BCUT2D eigenvalue weighted by Crippen LogP contribution is -2.17. The van der Waals surface area contributed by atoms with E-state index in [1.165, 1.54) is 18.5 Å². The lowest BCUT2D eigenvalue weighted by atomic mass is 10.1. The third kappa shape index (κ3) is 2.05. The van der Waals surface area contributed by atoms with E-state index in [1.54, 1.807) is 5.51 Å². The zero-order chi connectivity index (χ0) is 11.7. The minimum atomic E-state index is -0.209. The minimum Gasteiger partial charge on any atom is -0.372 e. The zero-order valence-corrected chi connectivity index (χ0v) is 10.2. The number of rotatable bonds is 2. The molecule has 0 atom stereocenters. The molecule has 3 rings (SSSR count). The smallest absolute Gasteiger partial charge is 0.204 e. The van der Waals surface area contributed by atoms with Crippen LogP contribution in [0.5, 0.6) is 0 Å². The second-order valence-electron chi connectivity index (χ2n) is 4.22. The molecule has 17 heavy (non-hydrogen) atoms. The molecule has 88 valence electrons. The standard InChI is InChI=1S/C13H13FN2S/c14-13-12(15-9-17-13)10-3-5-11(6-4-10)16-7-1-2-8-16/h3-6,9H,1-2,7-8H2. The SMILES string of the molecule is Fc1scnc1-c1ccc(N2CCCC2)cc1. The van der Waals surface area contributed by atoms with Crippen LogP contribution >= 0.6 is 11.3 Å². The Morgan fingerprint density at radius 3 is 2.41 bits per heavy atom. The van der Waals surface area contributed by atoms with E-state index in [4.69, 9.17) is 0 Å². The number of nitrogens with zero attached hydrogens (tertiary/aromatic N) is 2. The maximum Gasteiger partial charge on any atom is 0.204 e. The van der Waals surface area contributed by atoms with Crippen molar-refractivity contribution in [2.24, 2.45) is 0 Å². The minimum absolute atomic E-state index is 0.209. The summed E-state index contributed by atoms with van der Waals surface area (Å²) in [7, 11) is 0. The number of benzene rings is 1.